The lowest BCUT2D eigenvalue weighted by Gasteiger charge is -2.29. The van der Waals surface area contributed by atoms with Crippen molar-refractivity contribution in [2.45, 2.75) is 26.4 Å². The number of hydrogen-bond donors (Lipinski definition) is 0. The van der Waals surface area contributed by atoms with Crippen molar-refractivity contribution >= 4 is 0 Å². The molecule has 3 aromatic rings. The Morgan fingerprint density at radius 3 is 2.52 bits per heavy atom. The molecule has 0 fully saturated rings. The first-order valence-electron chi connectivity index (χ1n) is 9.24. The first-order chi connectivity index (χ1) is 13.2. The lowest BCUT2D eigenvalue weighted by molar-refractivity contribution is 0.240. The number of nitrogens with zero attached hydrogens (tertiary/aromatic N) is 3. The molecule has 0 aliphatic carbocycles. The van der Waals surface area contributed by atoms with Crippen LogP contribution in [0.5, 0.6) is 11.5 Å². The molecule has 1 aliphatic rings. The van der Waals surface area contributed by atoms with E-state index < -0.39 is 0 Å². The van der Waals surface area contributed by atoms with Gasteiger partial charge >= 0.3 is 0 Å². The minimum atomic E-state index is 0.797. The molecule has 1 aliphatic heterocycles. The van der Waals surface area contributed by atoms with Crippen molar-refractivity contribution in [2.75, 3.05) is 20.8 Å². The minimum absolute atomic E-state index is 0.797. The van der Waals surface area contributed by atoms with E-state index in [1.807, 2.05) is 13.0 Å². The molecular formula is C22H25N3O2. The third kappa shape index (κ3) is 3.55. The smallest absolute Gasteiger partial charge is 0.161 e. The maximum Gasteiger partial charge on any atom is 0.161 e. The summed E-state index contributed by atoms with van der Waals surface area (Å²) in [5.74, 6) is 2.58. The molecule has 3 heterocycles. The van der Waals surface area contributed by atoms with Gasteiger partial charge in [0.15, 0.2) is 11.5 Å². The molecule has 0 unspecified atom stereocenters. The predicted octanol–water partition coefficient (Wildman–Crippen LogP) is 3.76. The fourth-order valence-electron chi connectivity index (χ4n) is 3.74. The van der Waals surface area contributed by atoms with Gasteiger partial charge in [0.05, 0.1) is 14.2 Å². The van der Waals surface area contributed by atoms with Crippen LogP contribution in [0.15, 0.2) is 48.7 Å². The van der Waals surface area contributed by atoms with Gasteiger partial charge in [0, 0.05) is 37.2 Å². The van der Waals surface area contributed by atoms with Gasteiger partial charge in [-0.15, -0.1) is 0 Å². The molecule has 0 bridgehead atoms. The second kappa shape index (κ2) is 7.45. The molecule has 0 atom stereocenters. The molecular weight excluding hydrogens is 338 g/mol. The van der Waals surface area contributed by atoms with Crippen molar-refractivity contribution in [1.82, 2.24) is 14.5 Å². The van der Waals surface area contributed by atoms with E-state index in [0.29, 0.717) is 0 Å². The van der Waals surface area contributed by atoms with Crippen LogP contribution in [0.4, 0.5) is 0 Å². The third-order valence-corrected chi connectivity index (χ3v) is 5.14. The van der Waals surface area contributed by atoms with Crippen molar-refractivity contribution in [3.8, 4) is 17.3 Å². The molecule has 0 N–H and O–H groups in total. The summed E-state index contributed by atoms with van der Waals surface area (Å²) in [5, 5.41) is 0. The van der Waals surface area contributed by atoms with Crippen LogP contribution in [-0.4, -0.2) is 35.2 Å². The molecule has 2 aromatic heterocycles. The lowest BCUT2D eigenvalue weighted by atomic mass is 9.98. The average Bonchev–Trinajstić information content (AvgIpc) is 3.15. The predicted molar refractivity (Wildman–Crippen MR) is 106 cm³/mol. The van der Waals surface area contributed by atoms with Crippen molar-refractivity contribution < 1.29 is 9.47 Å². The van der Waals surface area contributed by atoms with Gasteiger partial charge in [-0.1, -0.05) is 6.07 Å². The first-order valence-corrected chi connectivity index (χ1v) is 9.24. The number of aryl methyl sites for hydroxylation is 1. The van der Waals surface area contributed by atoms with Gasteiger partial charge in [-0.05, 0) is 60.9 Å². The lowest BCUT2D eigenvalue weighted by Crippen LogP contribution is -2.30. The number of rotatable bonds is 5. The summed E-state index contributed by atoms with van der Waals surface area (Å²) in [7, 11) is 3.37. The van der Waals surface area contributed by atoms with E-state index in [-0.39, 0.29) is 0 Å². The largest absolute Gasteiger partial charge is 0.493 e. The van der Waals surface area contributed by atoms with Crippen molar-refractivity contribution in [3.63, 3.8) is 0 Å². The fourth-order valence-corrected chi connectivity index (χ4v) is 3.74. The van der Waals surface area contributed by atoms with Gasteiger partial charge in [0.2, 0.25) is 0 Å². The number of fused-ring (bicyclic) bond motifs is 1. The quantitative estimate of drug-likeness (QED) is 0.692. The highest BCUT2D eigenvalue weighted by atomic mass is 16.5. The summed E-state index contributed by atoms with van der Waals surface area (Å²) in [6, 6.07) is 14.6. The van der Waals surface area contributed by atoms with Gasteiger partial charge in [-0.2, -0.15) is 0 Å². The van der Waals surface area contributed by atoms with Crippen LogP contribution < -0.4 is 9.47 Å². The van der Waals surface area contributed by atoms with Crippen LogP contribution in [-0.2, 0) is 19.5 Å². The summed E-state index contributed by atoms with van der Waals surface area (Å²) in [4.78, 5) is 7.13. The van der Waals surface area contributed by atoms with Crippen molar-refractivity contribution in [1.29, 1.82) is 0 Å². The third-order valence-electron chi connectivity index (χ3n) is 5.14. The van der Waals surface area contributed by atoms with E-state index in [9.17, 15) is 0 Å². The maximum absolute atomic E-state index is 5.48. The van der Waals surface area contributed by atoms with E-state index in [4.69, 9.17) is 9.47 Å². The Kier molecular flexibility index (Phi) is 4.86. The standard InChI is InChI=1S/C22H25N3O2/c1-16-6-4-8-22(23-16)25-10-5-7-19(25)15-24-11-9-17-12-20(26-2)21(27-3)13-18(17)14-24/h4-8,10,12-13H,9,11,14-15H2,1-3H3. The Morgan fingerprint density at radius 2 is 1.78 bits per heavy atom. The highest BCUT2D eigenvalue weighted by Gasteiger charge is 2.20. The van der Waals surface area contributed by atoms with E-state index >= 15 is 0 Å². The van der Waals surface area contributed by atoms with E-state index in [1.54, 1.807) is 14.2 Å². The van der Waals surface area contributed by atoms with Crippen molar-refractivity contribution in [3.05, 3.63) is 71.2 Å². The molecule has 5 heteroatoms. The van der Waals surface area contributed by atoms with Gasteiger partial charge in [0.1, 0.15) is 5.82 Å². The average molecular weight is 363 g/mol. The maximum atomic E-state index is 5.48. The zero-order valence-electron chi connectivity index (χ0n) is 16.1. The van der Waals surface area contributed by atoms with Gasteiger partial charge in [-0.25, -0.2) is 4.98 Å². The summed E-state index contributed by atoms with van der Waals surface area (Å²) in [6.07, 6.45) is 3.10. The molecule has 0 radical (unpaired) electrons. The number of ether oxygens (including phenoxy) is 2. The summed E-state index contributed by atoms with van der Waals surface area (Å²) in [5.41, 5.74) is 4.93. The van der Waals surface area contributed by atoms with Crippen LogP contribution in [0, 0.1) is 6.92 Å². The normalized spacial score (nSPS) is 14.0. The summed E-state index contributed by atoms with van der Waals surface area (Å²) in [6.45, 7) is 4.84. The number of pyridine rings is 1. The molecule has 5 nitrogen and oxygen atoms in total. The van der Waals surface area contributed by atoms with E-state index in [0.717, 1.165) is 49.1 Å². The first kappa shape index (κ1) is 17.6. The summed E-state index contributed by atoms with van der Waals surface area (Å²) >= 11 is 0. The number of aromatic nitrogens is 2. The second-order valence-electron chi connectivity index (χ2n) is 6.94. The molecule has 4 rings (SSSR count). The monoisotopic (exact) mass is 363 g/mol. The van der Waals surface area contributed by atoms with Crippen LogP contribution in [0.2, 0.25) is 0 Å². The molecule has 0 saturated carbocycles. The number of hydrogen-bond acceptors (Lipinski definition) is 4. The Hall–Kier alpha value is -2.79. The van der Waals surface area contributed by atoms with Crippen LogP contribution in [0.25, 0.3) is 5.82 Å². The van der Waals surface area contributed by atoms with Crippen LogP contribution in [0.1, 0.15) is 22.5 Å². The Labute approximate surface area is 160 Å². The Morgan fingerprint density at radius 1 is 1.00 bits per heavy atom. The molecule has 27 heavy (non-hydrogen) atoms. The zero-order valence-corrected chi connectivity index (χ0v) is 16.1. The number of methoxy groups -OCH3 is 2. The SMILES string of the molecule is COc1cc2c(cc1OC)CN(Cc1cccn1-c1cccc(C)n1)CC2. The topological polar surface area (TPSA) is 39.5 Å². The molecule has 0 spiro atoms. The highest BCUT2D eigenvalue weighted by molar-refractivity contribution is 5.48. The fraction of sp³-hybridized carbons (Fsp3) is 0.318. The van der Waals surface area contributed by atoms with Crippen molar-refractivity contribution in [2.24, 2.45) is 0 Å². The van der Waals surface area contributed by atoms with Gasteiger partial charge < -0.3 is 14.0 Å². The minimum Gasteiger partial charge on any atom is -0.493 e. The van der Waals surface area contributed by atoms with Crippen LogP contribution >= 0.6 is 0 Å². The molecule has 0 saturated heterocycles. The zero-order chi connectivity index (χ0) is 18.8. The van der Waals surface area contributed by atoms with E-state index in [1.165, 1.54) is 16.8 Å². The molecule has 0 amide bonds. The Balaban J connectivity index is 1.55. The van der Waals surface area contributed by atoms with Crippen LogP contribution in [0.3, 0.4) is 0 Å². The van der Waals surface area contributed by atoms with Gasteiger partial charge in [-0.3, -0.25) is 4.90 Å². The van der Waals surface area contributed by atoms with Gasteiger partial charge in [0.25, 0.3) is 0 Å². The Bertz CT molecular complexity index is 948. The highest BCUT2D eigenvalue weighted by Crippen LogP contribution is 2.33. The summed E-state index contributed by atoms with van der Waals surface area (Å²) < 4.78 is 13.1. The molecule has 1 aromatic carbocycles. The molecule has 140 valence electrons. The van der Waals surface area contributed by atoms with E-state index in [2.05, 4.69) is 57.0 Å². The second-order valence-corrected chi connectivity index (χ2v) is 6.94. The number of benzene rings is 1.